The number of piperazine rings is 1. The van der Waals surface area contributed by atoms with E-state index in [0.29, 0.717) is 28.8 Å². The second-order valence-corrected chi connectivity index (χ2v) is 13.0. The Kier molecular flexibility index (Phi) is 13.8. The maximum absolute atomic E-state index is 13.3. The van der Waals surface area contributed by atoms with Crippen molar-refractivity contribution >= 4 is 36.2 Å². The quantitative estimate of drug-likeness (QED) is 0.115. The number of carbonyl (C=O) groups is 4. The first kappa shape index (κ1) is 37.9. The smallest absolute Gasteiger partial charge is 0.271 e. The summed E-state index contributed by atoms with van der Waals surface area (Å²) in [6.07, 6.45) is 8.28. The number of ketones is 1. The van der Waals surface area contributed by atoms with Gasteiger partial charge >= 0.3 is 0 Å². The predicted octanol–water partition coefficient (Wildman–Crippen LogP) is 5.61. The summed E-state index contributed by atoms with van der Waals surface area (Å²) in [5, 5.41) is 5.30. The molecule has 1 saturated heterocycles. The van der Waals surface area contributed by atoms with Gasteiger partial charge in [-0.05, 0) is 86.7 Å². The van der Waals surface area contributed by atoms with E-state index in [9.17, 15) is 23.6 Å². The Morgan fingerprint density at radius 2 is 1.64 bits per heavy atom. The van der Waals surface area contributed by atoms with Crippen molar-refractivity contribution in [2.24, 2.45) is 5.92 Å². The highest BCUT2D eigenvalue weighted by molar-refractivity contribution is 6.09. The first-order chi connectivity index (χ1) is 24.0. The van der Waals surface area contributed by atoms with Crippen LogP contribution in [0.15, 0.2) is 66.3 Å². The van der Waals surface area contributed by atoms with Crippen LogP contribution in [0.25, 0.3) is 12.2 Å². The molecule has 0 bridgehead atoms. The van der Waals surface area contributed by atoms with Crippen LogP contribution in [0.1, 0.15) is 92.7 Å². The van der Waals surface area contributed by atoms with Gasteiger partial charge in [-0.25, -0.2) is 9.37 Å². The molecule has 0 spiro atoms. The molecule has 50 heavy (non-hydrogen) atoms. The number of benzene rings is 2. The van der Waals surface area contributed by atoms with Crippen molar-refractivity contribution in [3.63, 3.8) is 0 Å². The Hall–Kier alpha value is -4.90. The molecule has 3 amide bonds. The summed E-state index contributed by atoms with van der Waals surface area (Å²) in [4.78, 5) is 59.4. The molecule has 2 N–H and O–H groups in total. The number of rotatable bonds is 16. The molecule has 1 aliphatic rings. The molecule has 1 fully saturated rings. The lowest BCUT2D eigenvalue weighted by Gasteiger charge is -2.36. The fraction of sp³-hybridized carbons (Fsp3) is 0.410. The van der Waals surface area contributed by atoms with Crippen LogP contribution in [0.5, 0.6) is 0 Å². The molecule has 1 aromatic heterocycles. The normalized spacial score (nSPS) is 14.3. The molecule has 0 saturated carbocycles. The fourth-order valence-corrected chi connectivity index (χ4v) is 6.30. The largest absolute Gasteiger partial charge is 0.340 e. The van der Waals surface area contributed by atoms with E-state index in [0.717, 1.165) is 69.9 Å². The van der Waals surface area contributed by atoms with Gasteiger partial charge < -0.3 is 20.1 Å². The third-order valence-corrected chi connectivity index (χ3v) is 9.04. The van der Waals surface area contributed by atoms with E-state index in [-0.39, 0.29) is 29.2 Å². The van der Waals surface area contributed by atoms with Gasteiger partial charge in [0.15, 0.2) is 5.78 Å². The molecule has 11 heteroatoms. The van der Waals surface area contributed by atoms with Gasteiger partial charge in [0.05, 0.1) is 12.0 Å². The van der Waals surface area contributed by atoms with Crippen LogP contribution in [0.2, 0.25) is 0 Å². The van der Waals surface area contributed by atoms with Gasteiger partial charge in [-0.1, -0.05) is 45.9 Å². The molecule has 2 heterocycles. The lowest BCUT2D eigenvalue weighted by molar-refractivity contribution is -0.137. The summed E-state index contributed by atoms with van der Waals surface area (Å²) in [6, 6.07) is 11.9. The van der Waals surface area contributed by atoms with E-state index in [4.69, 9.17) is 0 Å². The molecule has 0 radical (unpaired) electrons. The van der Waals surface area contributed by atoms with Gasteiger partial charge in [-0.2, -0.15) is 0 Å². The van der Waals surface area contributed by atoms with Crippen LogP contribution >= 0.6 is 0 Å². The molecule has 1 aliphatic heterocycles. The standard InChI is InChI=1S/C39H49FN6O4/c1-6-30(7-2)39(50)45-20-18-44(19-21-45)16-9-17-46-25-41-34(36(46)27(3)4)22-28(5)43-38(49)35(42-26-47)24-29-10-8-11-32(23-29)37(48)31-12-14-33(40)15-13-31/h8,10-15,22-27,30H,6-7,9,16-21H2,1-5H3,(H,42,47)(H,43,49)/b28-22-,35-24-. The minimum atomic E-state index is -0.534. The molecule has 10 nitrogen and oxygen atoms in total. The van der Waals surface area contributed by atoms with Crippen molar-refractivity contribution in [1.29, 1.82) is 0 Å². The van der Waals surface area contributed by atoms with Crippen LogP contribution < -0.4 is 10.6 Å². The zero-order chi connectivity index (χ0) is 36.2. The summed E-state index contributed by atoms with van der Waals surface area (Å²) in [7, 11) is 0. The minimum Gasteiger partial charge on any atom is -0.340 e. The summed E-state index contributed by atoms with van der Waals surface area (Å²) in [5.74, 6) is -0.664. The highest BCUT2D eigenvalue weighted by atomic mass is 19.1. The SMILES string of the molecule is CCC(CC)C(=O)N1CCN(CCCn2cnc(/C=C(/C)NC(=O)/C(=C/c3cccc(C(=O)c4ccc(F)cc4)c3)NC=O)c2C(C)C)CC1. The topological polar surface area (TPSA) is 117 Å². The molecular weight excluding hydrogens is 635 g/mol. The zero-order valence-corrected chi connectivity index (χ0v) is 29.7. The first-order valence-corrected chi connectivity index (χ1v) is 17.4. The van der Waals surface area contributed by atoms with Crippen LogP contribution in [0.4, 0.5) is 4.39 Å². The van der Waals surface area contributed by atoms with Crippen molar-refractivity contribution in [2.75, 3.05) is 32.7 Å². The van der Waals surface area contributed by atoms with Gasteiger partial charge in [0.1, 0.15) is 11.5 Å². The maximum atomic E-state index is 13.3. The van der Waals surface area contributed by atoms with E-state index >= 15 is 0 Å². The molecule has 4 rings (SSSR count). The van der Waals surface area contributed by atoms with Crippen molar-refractivity contribution in [2.45, 2.75) is 66.3 Å². The Morgan fingerprint density at radius 3 is 2.28 bits per heavy atom. The first-order valence-electron chi connectivity index (χ1n) is 17.4. The monoisotopic (exact) mass is 684 g/mol. The second kappa shape index (κ2) is 18.2. The van der Waals surface area contributed by atoms with Gasteiger partial charge in [0, 0.05) is 61.2 Å². The van der Waals surface area contributed by atoms with Crippen LogP contribution in [0, 0.1) is 11.7 Å². The van der Waals surface area contributed by atoms with Crippen LogP contribution in [-0.2, 0) is 20.9 Å². The van der Waals surface area contributed by atoms with E-state index in [1.807, 2.05) is 17.3 Å². The molecule has 0 unspecified atom stereocenters. The van der Waals surface area contributed by atoms with Crippen LogP contribution in [0.3, 0.4) is 0 Å². The summed E-state index contributed by atoms with van der Waals surface area (Å²) >= 11 is 0. The second-order valence-electron chi connectivity index (χ2n) is 13.0. The molecule has 266 valence electrons. The van der Waals surface area contributed by atoms with Crippen LogP contribution in [-0.4, -0.2) is 76.1 Å². The van der Waals surface area contributed by atoms with Crippen molar-refractivity contribution < 1.29 is 23.6 Å². The number of hydrogen-bond donors (Lipinski definition) is 2. The lowest BCUT2D eigenvalue weighted by Crippen LogP contribution is -2.50. The molecule has 0 atom stereocenters. The van der Waals surface area contributed by atoms with Crippen molar-refractivity contribution in [3.8, 4) is 0 Å². The predicted molar refractivity (Wildman–Crippen MR) is 193 cm³/mol. The number of carbonyl (C=O) groups excluding carboxylic acids is 4. The summed E-state index contributed by atoms with van der Waals surface area (Å²) in [5.41, 5.74) is 3.57. The molecule has 0 aliphatic carbocycles. The Morgan fingerprint density at radius 1 is 0.940 bits per heavy atom. The Bertz CT molecular complexity index is 1700. The zero-order valence-electron chi connectivity index (χ0n) is 29.7. The maximum Gasteiger partial charge on any atom is 0.271 e. The number of imidazole rings is 1. The average molecular weight is 685 g/mol. The Labute approximate surface area is 294 Å². The fourth-order valence-electron chi connectivity index (χ4n) is 6.30. The average Bonchev–Trinajstić information content (AvgIpc) is 3.51. The van der Waals surface area contributed by atoms with Crippen molar-refractivity contribution in [3.05, 3.63) is 100 Å². The number of aryl methyl sites for hydroxylation is 1. The van der Waals surface area contributed by atoms with Gasteiger partial charge in [-0.3, -0.25) is 24.1 Å². The minimum absolute atomic E-state index is 0.00510. The number of nitrogens with one attached hydrogen (secondary N) is 2. The highest BCUT2D eigenvalue weighted by Gasteiger charge is 2.25. The van der Waals surface area contributed by atoms with E-state index in [2.05, 4.69) is 52.8 Å². The lowest BCUT2D eigenvalue weighted by atomic mass is 10.0. The van der Waals surface area contributed by atoms with Gasteiger partial charge in [0.2, 0.25) is 12.3 Å². The number of allylic oxidation sites excluding steroid dienone is 1. The number of aromatic nitrogens is 2. The molecule has 2 aromatic carbocycles. The number of nitrogens with zero attached hydrogens (tertiary/aromatic N) is 4. The Balaban J connectivity index is 1.38. The third-order valence-electron chi connectivity index (χ3n) is 9.04. The third kappa shape index (κ3) is 10.1. The van der Waals surface area contributed by atoms with E-state index < -0.39 is 11.7 Å². The van der Waals surface area contributed by atoms with E-state index in [1.165, 1.54) is 30.3 Å². The number of amides is 3. The van der Waals surface area contributed by atoms with Crippen molar-refractivity contribution in [1.82, 2.24) is 30.0 Å². The summed E-state index contributed by atoms with van der Waals surface area (Å²) < 4.78 is 15.5. The highest BCUT2D eigenvalue weighted by Crippen LogP contribution is 2.22. The number of halogens is 1. The molecule has 3 aromatic rings. The van der Waals surface area contributed by atoms with Gasteiger partial charge in [0.25, 0.3) is 5.91 Å². The molecular formula is C39H49FN6O4. The van der Waals surface area contributed by atoms with E-state index in [1.54, 1.807) is 31.2 Å². The summed E-state index contributed by atoms with van der Waals surface area (Å²) in [6.45, 7) is 15.2. The number of hydrogen-bond acceptors (Lipinski definition) is 6. The van der Waals surface area contributed by atoms with Gasteiger partial charge in [-0.15, -0.1) is 0 Å².